The average Bonchev–Trinajstić information content (AvgIpc) is 3.44. The molecule has 2 aromatic carbocycles. The zero-order valence-corrected chi connectivity index (χ0v) is 16.0. The van der Waals surface area contributed by atoms with Crippen LogP contribution in [0.3, 0.4) is 0 Å². The Morgan fingerprint density at radius 2 is 1.86 bits per heavy atom. The van der Waals surface area contributed by atoms with Crippen LogP contribution in [0.25, 0.3) is 17.1 Å². The highest BCUT2D eigenvalue weighted by atomic mass is 16.5. The fourth-order valence-electron chi connectivity index (χ4n) is 3.06. The van der Waals surface area contributed by atoms with Crippen LogP contribution in [0, 0.1) is 0 Å². The molecule has 0 atom stereocenters. The number of benzene rings is 2. The van der Waals surface area contributed by atoms with E-state index in [-0.39, 0.29) is 5.91 Å². The van der Waals surface area contributed by atoms with Crippen LogP contribution in [0.15, 0.2) is 83.5 Å². The van der Waals surface area contributed by atoms with Crippen LogP contribution in [0.5, 0.6) is 5.75 Å². The first-order valence-corrected chi connectivity index (χ1v) is 9.35. The third-order valence-electron chi connectivity index (χ3n) is 4.57. The molecule has 1 amide bonds. The van der Waals surface area contributed by atoms with Crippen molar-refractivity contribution in [3.05, 3.63) is 90.3 Å². The van der Waals surface area contributed by atoms with E-state index < -0.39 is 0 Å². The lowest BCUT2D eigenvalue weighted by molar-refractivity contribution is 0.0946. The van der Waals surface area contributed by atoms with E-state index in [1.807, 2.05) is 60.7 Å². The van der Waals surface area contributed by atoms with E-state index in [9.17, 15) is 4.79 Å². The lowest BCUT2D eigenvalue weighted by Gasteiger charge is -2.09. The predicted octanol–water partition coefficient (Wildman–Crippen LogP) is 4.11. The molecular formula is C23H21N3O3. The van der Waals surface area contributed by atoms with Gasteiger partial charge in [0.1, 0.15) is 17.1 Å². The number of carbonyl (C=O) groups excluding carboxylic acids is 1. The number of carbonyl (C=O) groups is 1. The maximum absolute atomic E-state index is 12.9. The van der Waals surface area contributed by atoms with Crippen LogP contribution < -0.4 is 10.1 Å². The first-order chi connectivity index (χ1) is 14.2. The van der Waals surface area contributed by atoms with Gasteiger partial charge in [0.15, 0.2) is 5.76 Å². The molecule has 6 heteroatoms. The van der Waals surface area contributed by atoms with E-state index >= 15 is 0 Å². The van der Waals surface area contributed by atoms with Crippen LogP contribution in [-0.4, -0.2) is 29.3 Å². The normalized spacial score (nSPS) is 10.7. The van der Waals surface area contributed by atoms with Crippen LogP contribution in [0.1, 0.15) is 16.1 Å². The fraction of sp³-hybridized carbons (Fsp3) is 0.130. The summed E-state index contributed by atoms with van der Waals surface area (Å²) in [6.45, 7) is 0.534. The quantitative estimate of drug-likeness (QED) is 0.518. The second-order valence-electron chi connectivity index (χ2n) is 6.49. The number of aromatic nitrogens is 2. The molecule has 2 heterocycles. The van der Waals surface area contributed by atoms with Crippen LogP contribution >= 0.6 is 0 Å². The zero-order chi connectivity index (χ0) is 20.1. The molecule has 6 nitrogen and oxygen atoms in total. The van der Waals surface area contributed by atoms with Gasteiger partial charge in [-0.1, -0.05) is 30.3 Å². The highest BCUT2D eigenvalue weighted by Crippen LogP contribution is 2.23. The maximum Gasteiger partial charge on any atom is 0.270 e. The molecule has 0 aliphatic carbocycles. The molecule has 0 spiro atoms. The lowest BCUT2D eigenvalue weighted by Crippen LogP contribution is -2.27. The Labute approximate surface area is 168 Å². The molecule has 4 aromatic rings. The van der Waals surface area contributed by atoms with Gasteiger partial charge in [0.25, 0.3) is 5.91 Å². The zero-order valence-electron chi connectivity index (χ0n) is 16.0. The molecular weight excluding hydrogens is 366 g/mol. The average molecular weight is 387 g/mol. The Kier molecular flexibility index (Phi) is 5.42. The minimum Gasteiger partial charge on any atom is -0.497 e. The number of hydrogen-bond acceptors (Lipinski definition) is 4. The predicted molar refractivity (Wildman–Crippen MR) is 110 cm³/mol. The molecule has 0 saturated carbocycles. The third kappa shape index (κ3) is 4.21. The van der Waals surface area contributed by atoms with Crippen molar-refractivity contribution < 1.29 is 13.9 Å². The van der Waals surface area contributed by atoms with E-state index in [0.717, 1.165) is 17.9 Å². The number of nitrogens with zero attached hydrogens (tertiary/aromatic N) is 2. The molecule has 29 heavy (non-hydrogen) atoms. The van der Waals surface area contributed by atoms with Gasteiger partial charge >= 0.3 is 0 Å². The highest BCUT2D eigenvalue weighted by Gasteiger charge is 2.18. The first kappa shape index (κ1) is 18.6. The van der Waals surface area contributed by atoms with Crippen molar-refractivity contribution in [1.29, 1.82) is 0 Å². The second-order valence-corrected chi connectivity index (χ2v) is 6.49. The van der Waals surface area contributed by atoms with Gasteiger partial charge in [-0.15, -0.1) is 0 Å². The van der Waals surface area contributed by atoms with Gasteiger partial charge in [0.05, 0.1) is 19.1 Å². The van der Waals surface area contributed by atoms with E-state index in [2.05, 4.69) is 10.4 Å². The SMILES string of the molecule is COc1ccc(-n2nc(-c3ccco3)cc2C(=O)NCCc2ccccc2)cc1. The van der Waals surface area contributed by atoms with Gasteiger partial charge in [0, 0.05) is 12.6 Å². The minimum atomic E-state index is -0.193. The summed E-state index contributed by atoms with van der Waals surface area (Å²) in [6, 6.07) is 22.8. The summed E-state index contributed by atoms with van der Waals surface area (Å²) < 4.78 is 12.3. The Hall–Kier alpha value is -3.80. The van der Waals surface area contributed by atoms with Crippen LogP contribution in [0.2, 0.25) is 0 Å². The summed E-state index contributed by atoms with van der Waals surface area (Å²) in [7, 11) is 1.61. The number of furan rings is 1. The van der Waals surface area contributed by atoms with E-state index in [4.69, 9.17) is 9.15 Å². The molecule has 0 aliphatic rings. The summed E-state index contributed by atoms with van der Waals surface area (Å²) in [4.78, 5) is 12.9. The summed E-state index contributed by atoms with van der Waals surface area (Å²) in [5, 5.41) is 7.57. The Balaban J connectivity index is 1.58. The van der Waals surface area contributed by atoms with Gasteiger partial charge in [0.2, 0.25) is 0 Å². The summed E-state index contributed by atoms with van der Waals surface area (Å²) in [5.41, 5.74) is 2.97. The van der Waals surface area contributed by atoms with Crippen molar-refractivity contribution in [2.24, 2.45) is 0 Å². The van der Waals surface area contributed by atoms with Gasteiger partial charge < -0.3 is 14.5 Å². The molecule has 4 rings (SSSR count). The standard InChI is InChI=1S/C23H21N3O3/c1-28-19-11-9-18(10-12-19)26-21(16-20(25-26)22-8-5-15-29-22)23(27)24-14-13-17-6-3-2-4-7-17/h2-12,15-16H,13-14H2,1H3,(H,24,27). The van der Waals surface area contributed by atoms with E-state index in [0.29, 0.717) is 23.7 Å². The molecule has 0 bridgehead atoms. The number of methoxy groups -OCH3 is 1. The fourth-order valence-corrected chi connectivity index (χ4v) is 3.06. The molecule has 1 N–H and O–H groups in total. The Morgan fingerprint density at radius 3 is 2.55 bits per heavy atom. The summed E-state index contributed by atoms with van der Waals surface area (Å²) >= 11 is 0. The van der Waals surface area contributed by atoms with Crippen molar-refractivity contribution >= 4 is 5.91 Å². The second kappa shape index (κ2) is 8.48. The summed E-state index contributed by atoms with van der Waals surface area (Å²) in [5.74, 6) is 1.15. The molecule has 0 radical (unpaired) electrons. The van der Waals surface area contributed by atoms with Crippen molar-refractivity contribution in [3.63, 3.8) is 0 Å². The molecule has 146 valence electrons. The molecule has 2 aromatic heterocycles. The molecule has 0 unspecified atom stereocenters. The minimum absolute atomic E-state index is 0.193. The molecule has 0 fully saturated rings. The topological polar surface area (TPSA) is 69.3 Å². The first-order valence-electron chi connectivity index (χ1n) is 9.35. The number of nitrogens with one attached hydrogen (secondary N) is 1. The number of rotatable bonds is 7. The molecule has 0 saturated heterocycles. The van der Waals surface area contributed by atoms with Crippen molar-refractivity contribution in [2.75, 3.05) is 13.7 Å². The third-order valence-corrected chi connectivity index (χ3v) is 4.57. The Bertz CT molecular complexity index is 1070. The van der Waals surface area contributed by atoms with Crippen molar-refractivity contribution in [3.8, 4) is 22.9 Å². The summed E-state index contributed by atoms with van der Waals surface area (Å²) in [6.07, 6.45) is 2.34. The van der Waals surface area contributed by atoms with Gasteiger partial charge in [-0.25, -0.2) is 4.68 Å². The number of ether oxygens (including phenoxy) is 1. The monoisotopic (exact) mass is 387 g/mol. The van der Waals surface area contributed by atoms with Crippen molar-refractivity contribution in [2.45, 2.75) is 6.42 Å². The van der Waals surface area contributed by atoms with Gasteiger partial charge in [-0.3, -0.25) is 4.79 Å². The lowest BCUT2D eigenvalue weighted by atomic mass is 10.1. The highest BCUT2D eigenvalue weighted by molar-refractivity contribution is 5.94. The molecule has 0 aliphatic heterocycles. The van der Waals surface area contributed by atoms with Crippen molar-refractivity contribution in [1.82, 2.24) is 15.1 Å². The Morgan fingerprint density at radius 1 is 1.07 bits per heavy atom. The van der Waals surface area contributed by atoms with E-state index in [1.54, 1.807) is 30.2 Å². The van der Waals surface area contributed by atoms with Gasteiger partial charge in [-0.2, -0.15) is 5.10 Å². The van der Waals surface area contributed by atoms with E-state index in [1.165, 1.54) is 5.56 Å². The van der Waals surface area contributed by atoms with Crippen LogP contribution in [-0.2, 0) is 6.42 Å². The number of hydrogen-bond donors (Lipinski definition) is 1. The number of amides is 1. The largest absolute Gasteiger partial charge is 0.497 e. The smallest absolute Gasteiger partial charge is 0.270 e. The van der Waals surface area contributed by atoms with Gasteiger partial charge in [-0.05, 0) is 48.4 Å². The maximum atomic E-state index is 12.9. The van der Waals surface area contributed by atoms with Crippen LogP contribution in [0.4, 0.5) is 0 Å².